The van der Waals surface area contributed by atoms with Gasteiger partial charge in [-0.15, -0.1) is 0 Å². The molecule has 3 aromatic rings. The van der Waals surface area contributed by atoms with Crippen molar-refractivity contribution in [2.45, 2.75) is 6.92 Å². The molecule has 0 saturated heterocycles. The van der Waals surface area contributed by atoms with E-state index < -0.39 is 0 Å². The zero-order valence-electron chi connectivity index (χ0n) is 10.6. The van der Waals surface area contributed by atoms with Crippen LogP contribution in [0.5, 0.6) is 11.5 Å². The molecule has 94 valence electrons. The van der Waals surface area contributed by atoms with Crippen molar-refractivity contribution in [3.63, 3.8) is 0 Å². The molecule has 0 bridgehead atoms. The molecule has 0 amide bonds. The number of nitrogen functional groups attached to an aromatic ring is 1. The molecule has 1 aromatic heterocycles. The number of rotatable bonds is 2. The molecule has 0 aliphatic heterocycles. The van der Waals surface area contributed by atoms with Crippen LogP contribution in [0.15, 0.2) is 54.7 Å². The minimum Gasteiger partial charge on any atom is -0.455 e. The zero-order valence-corrected chi connectivity index (χ0v) is 10.6. The molecule has 0 saturated carbocycles. The predicted octanol–water partition coefficient (Wildman–Crippen LogP) is 3.92. The summed E-state index contributed by atoms with van der Waals surface area (Å²) in [5.74, 6) is 1.52. The summed E-state index contributed by atoms with van der Waals surface area (Å²) in [5.41, 5.74) is 8.44. The highest BCUT2D eigenvalue weighted by atomic mass is 16.5. The van der Waals surface area contributed by atoms with Crippen molar-refractivity contribution in [1.82, 2.24) is 4.98 Å². The van der Waals surface area contributed by atoms with Crippen LogP contribution in [0.25, 0.3) is 10.9 Å². The molecule has 3 heteroatoms. The van der Waals surface area contributed by atoms with Crippen LogP contribution in [0, 0.1) is 6.92 Å². The van der Waals surface area contributed by atoms with E-state index in [1.54, 1.807) is 6.20 Å². The van der Waals surface area contributed by atoms with Crippen molar-refractivity contribution in [3.8, 4) is 11.5 Å². The highest BCUT2D eigenvalue weighted by Crippen LogP contribution is 2.29. The molecule has 0 radical (unpaired) electrons. The van der Waals surface area contributed by atoms with E-state index in [2.05, 4.69) is 4.98 Å². The van der Waals surface area contributed by atoms with E-state index in [9.17, 15) is 0 Å². The van der Waals surface area contributed by atoms with Gasteiger partial charge in [0.2, 0.25) is 0 Å². The highest BCUT2D eigenvalue weighted by molar-refractivity contribution is 5.84. The number of benzene rings is 2. The fourth-order valence-corrected chi connectivity index (χ4v) is 2.00. The fourth-order valence-electron chi connectivity index (χ4n) is 2.00. The van der Waals surface area contributed by atoms with Gasteiger partial charge in [-0.25, -0.2) is 0 Å². The van der Waals surface area contributed by atoms with Crippen molar-refractivity contribution >= 4 is 16.6 Å². The average Bonchev–Trinajstić information content (AvgIpc) is 2.43. The Labute approximate surface area is 111 Å². The Balaban J connectivity index is 2.03. The van der Waals surface area contributed by atoms with Crippen LogP contribution < -0.4 is 10.5 Å². The Kier molecular flexibility index (Phi) is 2.80. The van der Waals surface area contributed by atoms with Gasteiger partial charge in [0.15, 0.2) is 5.75 Å². The van der Waals surface area contributed by atoms with Gasteiger partial charge < -0.3 is 10.5 Å². The molecule has 0 aliphatic rings. The van der Waals surface area contributed by atoms with E-state index in [0.29, 0.717) is 0 Å². The molecule has 19 heavy (non-hydrogen) atoms. The molecule has 0 aliphatic carbocycles. The number of ether oxygens (including phenoxy) is 1. The van der Waals surface area contributed by atoms with Gasteiger partial charge in [-0.2, -0.15) is 0 Å². The third-order valence-electron chi connectivity index (χ3n) is 3.06. The number of aryl methyl sites for hydroxylation is 1. The molecule has 0 unspecified atom stereocenters. The standard InChI is InChI=1S/C16H14N2O/c1-11-10-13(7-8-14(11)17)19-15-6-2-4-12-5-3-9-18-16(12)15/h2-10H,17H2,1H3. The van der Waals surface area contributed by atoms with Crippen LogP contribution >= 0.6 is 0 Å². The molecule has 0 fully saturated rings. The van der Waals surface area contributed by atoms with E-state index in [1.165, 1.54) is 0 Å². The summed E-state index contributed by atoms with van der Waals surface area (Å²) in [4.78, 5) is 4.37. The van der Waals surface area contributed by atoms with E-state index in [4.69, 9.17) is 10.5 Å². The van der Waals surface area contributed by atoms with Gasteiger partial charge in [0.1, 0.15) is 11.3 Å². The number of hydrogen-bond acceptors (Lipinski definition) is 3. The Morgan fingerprint density at radius 3 is 2.74 bits per heavy atom. The third-order valence-corrected chi connectivity index (χ3v) is 3.06. The van der Waals surface area contributed by atoms with Gasteiger partial charge in [0.25, 0.3) is 0 Å². The molecule has 0 atom stereocenters. The van der Waals surface area contributed by atoms with Crippen LogP contribution in [-0.4, -0.2) is 4.98 Å². The summed E-state index contributed by atoms with van der Waals surface area (Å²) in [5, 5.41) is 1.06. The summed E-state index contributed by atoms with van der Waals surface area (Å²) < 4.78 is 5.91. The molecular weight excluding hydrogens is 236 g/mol. The minimum atomic E-state index is 0.752. The van der Waals surface area contributed by atoms with Crippen LogP contribution in [0.1, 0.15) is 5.56 Å². The van der Waals surface area contributed by atoms with E-state index in [-0.39, 0.29) is 0 Å². The number of fused-ring (bicyclic) bond motifs is 1. The number of para-hydroxylation sites is 1. The van der Waals surface area contributed by atoms with E-state index in [1.807, 2.05) is 55.5 Å². The second-order valence-corrected chi connectivity index (χ2v) is 4.45. The van der Waals surface area contributed by atoms with Crippen molar-refractivity contribution in [3.05, 3.63) is 60.3 Å². The second-order valence-electron chi connectivity index (χ2n) is 4.45. The number of nitrogens with two attached hydrogens (primary N) is 1. The Bertz CT molecular complexity index is 732. The lowest BCUT2D eigenvalue weighted by Gasteiger charge is -2.09. The maximum absolute atomic E-state index is 5.91. The van der Waals surface area contributed by atoms with Gasteiger partial charge >= 0.3 is 0 Å². The first-order valence-corrected chi connectivity index (χ1v) is 6.12. The summed E-state index contributed by atoms with van der Waals surface area (Å²) in [7, 11) is 0. The number of anilines is 1. The smallest absolute Gasteiger partial charge is 0.153 e. The maximum atomic E-state index is 5.91. The molecule has 1 heterocycles. The monoisotopic (exact) mass is 250 g/mol. The fraction of sp³-hybridized carbons (Fsp3) is 0.0625. The Hall–Kier alpha value is -2.55. The average molecular weight is 250 g/mol. The number of aromatic nitrogens is 1. The Morgan fingerprint density at radius 2 is 1.89 bits per heavy atom. The molecule has 2 N–H and O–H groups in total. The quantitative estimate of drug-likeness (QED) is 0.701. The van der Waals surface area contributed by atoms with Crippen LogP contribution in [0.2, 0.25) is 0 Å². The summed E-state index contributed by atoms with van der Waals surface area (Å²) in [6, 6.07) is 15.5. The van der Waals surface area contributed by atoms with Crippen LogP contribution in [0.3, 0.4) is 0 Å². The second kappa shape index (κ2) is 4.61. The topological polar surface area (TPSA) is 48.1 Å². The first-order chi connectivity index (χ1) is 9.24. The SMILES string of the molecule is Cc1cc(Oc2cccc3cccnc23)ccc1N. The largest absolute Gasteiger partial charge is 0.455 e. The lowest BCUT2D eigenvalue weighted by atomic mass is 10.2. The van der Waals surface area contributed by atoms with E-state index in [0.717, 1.165) is 33.7 Å². The summed E-state index contributed by atoms with van der Waals surface area (Å²) in [6.07, 6.45) is 1.77. The molecular formula is C16H14N2O. The van der Waals surface area contributed by atoms with Crippen molar-refractivity contribution in [2.75, 3.05) is 5.73 Å². The highest BCUT2D eigenvalue weighted by Gasteiger charge is 2.05. The van der Waals surface area contributed by atoms with Crippen LogP contribution in [0.4, 0.5) is 5.69 Å². The number of pyridine rings is 1. The predicted molar refractivity (Wildman–Crippen MR) is 77.4 cm³/mol. The Morgan fingerprint density at radius 1 is 1.05 bits per heavy atom. The summed E-state index contributed by atoms with van der Waals surface area (Å²) in [6.45, 7) is 1.96. The molecule has 2 aromatic carbocycles. The summed E-state index contributed by atoms with van der Waals surface area (Å²) >= 11 is 0. The molecule has 3 rings (SSSR count). The first-order valence-electron chi connectivity index (χ1n) is 6.12. The van der Waals surface area contributed by atoms with Crippen molar-refractivity contribution < 1.29 is 4.74 Å². The van der Waals surface area contributed by atoms with Gasteiger partial charge in [0, 0.05) is 17.3 Å². The lowest BCUT2D eigenvalue weighted by molar-refractivity contribution is 0.487. The van der Waals surface area contributed by atoms with Gasteiger partial charge in [-0.05, 0) is 42.8 Å². The number of hydrogen-bond donors (Lipinski definition) is 1. The molecule has 3 nitrogen and oxygen atoms in total. The third kappa shape index (κ3) is 2.22. The van der Waals surface area contributed by atoms with Gasteiger partial charge in [-0.3, -0.25) is 4.98 Å². The van der Waals surface area contributed by atoms with Crippen molar-refractivity contribution in [2.24, 2.45) is 0 Å². The lowest BCUT2D eigenvalue weighted by Crippen LogP contribution is -1.91. The minimum absolute atomic E-state index is 0.752. The van der Waals surface area contributed by atoms with E-state index >= 15 is 0 Å². The number of nitrogens with zero attached hydrogens (tertiary/aromatic N) is 1. The first kappa shape index (κ1) is 11.5. The van der Waals surface area contributed by atoms with Gasteiger partial charge in [-0.1, -0.05) is 18.2 Å². The van der Waals surface area contributed by atoms with Crippen LogP contribution in [-0.2, 0) is 0 Å². The molecule has 0 spiro atoms. The zero-order chi connectivity index (χ0) is 13.2. The van der Waals surface area contributed by atoms with Crippen molar-refractivity contribution in [1.29, 1.82) is 0 Å². The maximum Gasteiger partial charge on any atom is 0.153 e. The normalized spacial score (nSPS) is 10.6. The van der Waals surface area contributed by atoms with Gasteiger partial charge in [0.05, 0.1) is 0 Å².